The lowest BCUT2D eigenvalue weighted by atomic mass is 10.2. The zero-order chi connectivity index (χ0) is 16.9. The van der Waals surface area contributed by atoms with Crippen molar-refractivity contribution >= 4 is 29.1 Å². The molecule has 0 bridgehead atoms. The predicted octanol–water partition coefficient (Wildman–Crippen LogP) is 1.00. The van der Waals surface area contributed by atoms with Gasteiger partial charge in [-0.1, -0.05) is 12.1 Å². The Kier molecular flexibility index (Phi) is 5.10. The highest BCUT2D eigenvalue weighted by Gasteiger charge is 2.28. The Morgan fingerprint density at radius 3 is 2.46 bits per heavy atom. The SMILES string of the molecule is O=C(CCN1C(=O)CCC1=O)Nc1ccccc1N1CCOCC1. The maximum absolute atomic E-state index is 12.2. The minimum Gasteiger partial charge on any atom is -0.378 e. The summed E-state index contributed by atoms with van der Waals surface area (Å²) in [4.78, 5) is 38.7. The molecule has 2 aliphatic rings. The summed E-state index contributed by atoms with van der Waals surface area (Å²) in [6, 6.07) is 7.62. The number of nitrogens with one attached hydrogen (secondary N) is 1. The van der Waals surface area contributed by atoms with Gasteiger partial charge in [-0.2, -0.15) is 0 Å². The van der Waals surface area contributed by atoms with Crippen molar-refractivity contribution in [1.29, 1.82) is 0 Å². The molecule has 0 aromatic heterocycles. The van der Waals surface area contributed by atoms with Gasteiger partial charge in [-0.05, 0) is 12.1 Å². The summed E-state index contributed by atoms with van der Waals surface area (Å²) in [5, 5.41) is 2.89. The molecule has 3 amide bonds. The lowest BCUT2D eigenvalue weighted by molar-refractivity contribution is -0.138. The van der Waals surface area contributed by atoms with Crippen molar-refractivity contribution in [2.45, 2.75) is 19.3 Å². The second-order valence-corrected chi connectivity index (χ2v) is 5.85. The molecule has 3 rings (SSSR count). The number of carbonyl (C=O) groups excluding carboxylic acids is 3. The fourth-order valence-electron chi connectivity index (χ4n) is 2.96. The highest BCUT2D eigenvalue weighted by Crippen LogP contribution is 2.26. The summed E-state index contributed by atoms with van der Waals surface area (Å²) < 4.78 is 5.36. The standard InChI is InChI=1S/C17H21N3O4/c21-15(7-8-20-16(22)5-6-17(20)23)18-13-3-1-2-4-14(13)19-9-11-24-12-10-19/h1-4H,5-12H2,(H,18,21). The molecule has 0 unspecified atom stereocenters. The first-order valence-electron chi connectivity index (χ1n) is 8.20. The Hall–Kier alpha value is -2.41. The van der Waals surface area contributed by atoms with Crippen LogP contribution in [0.25, 0.3) is 0 Å². The van der Waals surface area contributed by atoms with Gasteiger partial charge < -0.3 is 15.0 Å². The highest BCUT2D eigenvalue weighted by molar-refractivity contribution is 6.02. The van der Waals surface area contributed by atoms with Crippen LogP contribution in [0.4, 0.5) is 11.4 Å². The van der Waals surface area contributed by atoms with E-state index in [4.69, 9.17) is 4.74 Å². The second-order valence-electron chi connectivity index (χ2n) is 5.85. The first kappa shape index (κ1) is 16.4. The fraction of sp³-hybridized carbons (Fsp3) is 0.471. The minimum atomic E-state index is -0.205. The number of hydrogen-bond donors (Lipinski definition) is 1. The number of anilines is 2. The first-order chi connectivity index (χ1) is 11.6. The van der Waals surface area contributed by atoms with Crippen LogP contribution in [0.1, 0.15) is 19.3 Å². The number of hydrogen-bond acceptors (Lipinski definition) is 5. The molecule has 0 spiro atoms. The third-order valence-electron chi connectivity index (χ3n) is 4.25. The Morgan fingerprint density at radius 2 is 1.75 bits per heavy atom. The van der Waals surface area contributed by atoms with E-state index in [1.807, 2.05) is 24.3 Å². The smallest absolute Gasteiger partial charge is 0.229 e. The van der Waals surface area contributed by atoms with Gasteiger partial charge in [-0.15, -0.1) is 0 Å². The number of amides is 3. The van der Waals surface area contributed by atoms with Crippen molar-refractivity contribution < 1.29 is 19.1 Å². The molecule has 0 radical (unpaired) electrons. The van der Waals surface area contributed by atoms with Crippen LogP contribution in [0.5, 0.6) is 0 Å². The fourth-order valence-corrected chi connectivity index (χ4v) is 2.96. The third-order valence-corrected chi connectivity index (χ3v) is 4.25. The van der Waals surface area contributed by atoms with Crippen LogP contribution in [-0.2, 0) is 19.1 Å². The Labute approximate surface area is 140 Å². The topological polar surface area (TPSA) is 79.0 Å². The van der Waals surface area contributed by atoms with Crippen LogP contribution >= 0.6 is 0 Å². The van der Waals surface area contributed by atoms with Crippen LogP contribution in [0.3, 0.4) is 0 Å². The Morgan fingerprint density at radius 1 is 1.08 bits per heavy atom. The molecule has 128 valence electrons. The zero-order valence-corrected chi connectivity index (χ0v) is 13.5. The summed E-state index contributed by atoms with van der Waals surface area (Å²) in [6.45, 7) is 3.04. The lowest BCUT2D eigenvalue weighted by Gasteiger charge is -2.30. The van der Waals surface area contributed by atoms with Crippen LogP contribution in [0.15, 0.2) is 24.3 Å². The van der Waals surface area contributed by atoms with Crippen molar-refractivity contribution in [3.8, 4) is 0 Å². The van der Waals surface area contributed by atoms with Crippen molar-refractivity contribution in [2.75, 3.05) is 43.1 Å². The number of likely N-dealkylation sites (tertiary alicyclic amines) is 1. The Bertz CT molecular complexity index is 624. The van der Waals surface area contributed by atoms with E-state index in [1.54, 1.807) is 0 Å². The van der Waals surface area contributed by atoms with Gasteiger partial charge in [0.1, 0.15) is 0 Å². The van der Waals surface area contributed by atoms with Gasteiger partial charge in [0.25, 0.3) is 0 Å². The van der Waals surface area contributed by atoms with Crippen LogP contribution < -0.4 is 10.2 Å². The molecular formula is C17H21N3O4. The molecule has 0 aliphatic carbocycles. The molecule has 2 saturated heterocycles. The monoisotopic (exact) mass is 331 g/mol. The van der Waals surface area contributed by atoms with E-state index in [-0.39, 0.29) is 43.5 Å². The number of imide groups is 1. The number of ether oxygens (including phenoxy) is 1. The van der Waals surface area contributed by atoms with Gasteiger partial charge in [0.15, 0.2) is 0 Å². The van der Waals surface area contributed by atoms with E-state index in [2.05, 4.69) is 10.2 Å². The number of rotatable bonds is 5. The summed E-state index contributed by atoms with van der Waals surface area (Å²) in [6.07, 6.45) is 0.607. The van der Waals surface area contributed by atoms with Crippen LogP contribution in [-0.4, -0.2) is 55.5 Å². The predicted molar refractivity (Wildman–Crippen MR) is 88.7 cm³/mol. The maximum atomic E-state index is 12.2. The number of carbonyl (C=O) groups is 3. The largest absolute Gasteiger partial charge is 0.378 e. The van der Waals surface area contributed by atoms with Crippen molar-refractivity contribution in [2.24, 2.45) is 0 Å². The molecule has 1 aromatic carbocycles. The third kappa shape index (κ3) is 3.73. The van der Waals surface area contributed by atoms with E-state index in [0.29, 0.717) is 13.2 Å². The van der Waals surface area contributed by atoms with E-state index in [0.717, 1.165) is 24.5 Å². The number of para-hydroxylation sites is 2. The normalized spacial score (nSPS) is 18.2. The van der Waals surface area contributed by atoms with Crippen molar-refractivity contribution in [3.05, 3.63) is 24.3 Å². The number of benzene rings is 1. The zero-order valence-electron chi connectivity index (χ0n) is 13.5. The molecule has 2 fully saturated rings. The van der Waals surface area contributed by atoms with Gasteiger partial charge in [-0.25, -0.2) is 0 Å². The van der Waals surface area contributed by atoms with Crippen LogP contribution in [0, 0.1) is 0 Å². The van der Waals surface area contributed by atoms with Crippen LogP contribution in [0.2, 0.25) is 0 Å². The quantitative estimate of drug-likeness (QED) is 0.815. The molecule has 1 N–H and O–H groups in total. The molecule has 1 aromatic rings. The first-order valence-corrected chi connectivity index (χ1v) is 8.20. The van der Waals surface area contributed by atoms with E-state index in [1.165, 1.54) is 4.90 Å². The molecule has 2 aliphatic heterocycles. The van der Waals surface area contributed by atoms with Gasteiger partial charge in [0, 0.05) is 38.9 Å². The van der Waals surface area contributed by atoms with Gasteiger partial charge >= 0.3 is 0 Å². The highest BCUT2D eigenvalue weighted by atomic mass is 16.5. The molecular weight excluding hydrogens is 310 g/mol. The summed E-state index contributed by atoms with van der Waals surface area (Å²) in [5.74, 6) is -0.591. The summed E-state index contributed by atoms with van der Waals surface area (Å²) >= 11 is 0. The summed E-state index contributed by atoms with van der Waals surface area (Å²) in [5.41, 5.74) is 1.70. The minimum absolute atomic E-state index is 0.106. The Balaban J connectivity index is 1.60. The number of morpholine rings is 1. The average molecular weight is 331 g/mol. The molecule has 7 heteroatoms. The number of nitrogens with zero attached hydrogens (tertiary/aromatic N) is 2. The molecule has 24 heavy (non-hydrogen) atoms. The van der Waals surface area contributed by atoms with Crippen molar-refractivity contribution in [1.82, 2.24) is 4.90 Å². The average Bonchev–Trinajstić information content (AvgIpc) is 2.92. The lowest BCUT2D eigenvalue weighted by Crippen LogP contribution is -2.37. The molecule has 0 atom stereocenters. The van der Waals surface area contributed by atoms with Gasteiger partial charge in [0.2, 0.25) is 17.7 Å². The van der Waals surface area contributed by atoms with E-state index >= 15 is 0 Å². The maximum Gasteiger partial charge on any atom is 0.229 e. The molecule has 2 heterocycles. The molecule has 7 nitrogen and oxygen atoms in total. The van der Waals surface area contributed by atoms with Gasteiger partial charge in [0.05, 0.1) is 24.6 Å². The molecule has 0 saturated carbocycles. The van der Waals surface area contributed by atoms with E-state index in [9.17, 15) is 14.4 Å². The second kappa shape index (κ2) is 7.44. The van der Waals surface area contributed by atoms with Crippen molar-refractivity contribution in [3.63, 3.8) is 0 Å². The van der Waals surface area contributed by atoms with E-state index < -0.39 is 0 Å². The summed E-state index contributed by atoms with van der Waals surface area (Å²) in [7, 11) is 0. The van der Waals surface area contributed by atoms with Gasteiger partial charge in [-0.3, -0.25) is 19.3 Å².